The van der Waals surface area contributed by atoms with E-state index in [1.54, 1.807) is 24.1 Å². The van der Waals surface area contributed by atoms with Gasteiger partial charge in [0, 0.05) is 37.4 Å². The summed E-state index contributed by atoms with van der Waals surface area (Å²) >= 11 is 0. The van der Waals surface area contributed by atoms with Crippen molar-refractivity contribution in [2.45, 2.75) is 19.9 Å². The van der Waals surface area contributed by atoms with Crippen LogP contribution in [0.25, 0.3) is 39.2 Å². The van der Waals surface area contributed by atoms with Gasteiger partial charge in [-0.3, -0.25) is 9.78 Å². The highest BCUT2D eigenvalue weighted by molar-refractivity contribution is 5.92. The van der Waals surface area contributed by atoms with E-state index in [0.29, 0.717) is 36.6 Å². The van der Waals surface area contributed by atoms with E-state index < -0.39 is 34.3 Å². The average Bonchev–Trinajstić information content (AvgIpc) is 3.01. The Kier molecular flexibility index (Phi) is 7.38. The fourth-order valence-corrected chi connectivity index (χ4v) is 5.69. The molecular formula is C33H28F2N6O3. The summed E-state index contributed by atoms with van der Waals surface area (Å²) in [7, 11) is 0. The lowest BCUT2D eigenvalue weighted by Crippen LogP contribution is -2.54. The topological polar surface area (TPSA) is 104 Å². The number of aryl methyl sites for hydroxylation is 1. The van der Waals surface area contributed by atoms with Crippen molar-refractivity contribution in [2.75, 3.05) is 24.5 Å². The number of hydrogen-bond acceptors (Lipinski definition) is 7. The van der Waals surface area contributed by atoms with Crippen LogP contribution in [0.2, 0.25) is 0 Å². The number of pyridine rings is 2. The molecule has 1 N–H and O–H groups in total. The van der Waals surface area contributed by atoms with Gasteiger partial charge in [-0.2, -0.15) is 4.98 Å². The minimum absolute atomic E-state index is 0.00383. The number of aromatic hydroxyl groups is 1. The first-order chi connectivity index (χ1) is 21.2. The number of hydrogen-bond donors (Lipinski definition) is 1. The van der Waals surface area contributed by atoms with Gasteiger partial charge in [-0.05, 0) is 49.8 Å². The maximum atomic E-state index is 15.9. The average molecular weight is 595 g/mol. The molecule has 0 saturated carbocycles. The van der Waals surface area contributed by atoms with Crippen LogP contribution in [0.3, 0.4) is 0 Å². The number of fused-ring (bicyclic) bond motifs is 1. The molecule has 1 amide bonds. The van der Waals surface area contributed by atoms with Crippen LogP contribution in [0.1, 0.15) is 12.5 Å². The molecule has 44 heavy (non-hydrogen) atoms. The monoisotopic (exact) mass is 594 g/mol. The minimum Gasteiger partial charge on any atom is -0.507 e. The Morgan fingerprint density at radius 3 is 2.50 bits per heavy atom. The summed E-state index contributed by atoms with van der Waals surface area (Å²) in [5.74, 6) is -2.33. The molecule has 1 saturated heterocycles. The number of anilines is 1. The van der Waals surface area contributed by atoms with Crippen LogP contribution >= 0.6 is 0 Å². The van der Waals surface area contributed by atoms with Crippen LogP contribution in [0, 0.1) is 18.6 Å². The maximum absolute atomic E-state index is 15.9. The number of nitrogens with zero attached hydrogens (tertiary/aromatic N) is 6. The van der Waals surface area contributed by atoms with E-state index in [-0.39, 0.29) is 28.8 Å². The number of piperazine rings is 1. The zero-order valence-electron chi connectivity index (χ0n) is 24.0. The largest absolute Gasteiger partial charge is 0.507 e. The molecule has 2 aromatic carbocycles. The highest BCUT2D eigenvalue weighted by Crippen LogP contribution is 2.37. The summed E-state index contributed by atoms with van der Waals surface area (Å²) in [5, 5.41) is 10.7. The SMILES string of the molecule is C=CC(=O)N1CCN(c2nc(=O)n(-c3c(C)ccnc3-c3ccccc3)c3nc(-c4c(O)cccc4F)c(F)cc23)[C@@H](C)C1. The van der Waals surface area contributed by atoms with Gasteiger partial charge in [0.1, 0.15) is 23.1 Å². The molecule has 0 spiro atoms. The fraction of sp³-hybridized carbons (Fsp3) is 0.182. The zero-order chi connectivity index (χ0) is 31.1. The van der Waals surface area contributed by atoms with Crippen molar-refractivity contribution >= 4 is 22.8 Å². The van der Waals surface area contributed by atoms with Gasteiger partial charge in [-0.25, -0.2) is 23.1 Å². The van der Waals surface area contributed by atoms with Gasteiger partial charge in [-0.1, -0.05) is 43.0 Å². The van der Waals surface area contributed by atoms with Crippen molar-refractivity contribution in [1.82, 2.24) is 24.4 Å². The number of phenolic OH excluding ortho intramolecular Hbond substituents is 1. The molecule has 4 heterocycles. The molecule has 9 nitrogen and oxygen atoms in total. The van der Waals surface area contributed by atoms with E-state index in [2.05, 4.69) is 21.5 Å². The molecule has 0 unspecified atom stereocenters. The lowest BCUT2D eigenvalue weighted by molar-refractivity contribution is -0.126. The summed E-state index contributed by atoms with van der Waals surface area (Å²) in [6.45, 7) is 8.21. The molecular weight excluding hydrogens is 566 g/mol. The van der Waals surface area contributed by atoms with Crippen LogP contribution in [0.15, 0.2) is 84.3 Å². The second-order valence-electron chi connectivity index (χ2n) is 10.6. The third-order valence-corrected chi connectivity index (χ3v) is 7.81. The Morgan fingerprint density at radius 2 is 1.80 bits per heavy atom. The molecule has 0 aliphatic carbocycles. The maximum Gasteiger partial charge on any atom is 0.355 e. The van der Waals surface area contributed by atoms with E-state index in [4.69, 9.17) is 0 Å². The lowest BCUT2D eigenvalue weighted by atomic mass is 10.1. The van der Waals surface area contributed by atoms with Gasteiger partial charge in [0.15, 0.2) is 11.5 Å². The van der Waals surface area contributed by atoms with Crippen molar-refractivity contribution in [3.63, 3.8) is 0 Å². The number of carbonyl (C=O) groups excluding carboxylic acids is 1. The van der Waals surface area contributed by atoms with Gasteiger partial charge in [0.25, 0.3) is 0 Å². The molecule has 0 bridgehead atoms. The van der Waals surface area contributed by atoms with Gasteiger partial charge < -0.3 is 14.9 Å². The molecule has 1 aliphatic rings. The number of rotatable bonds is 5. The summed E-state index contributed by atoms with van der Waals surface area (Å²) < 4.78 is 32.2. The zero-order valence-corrected chi connectivity index (χ0v) is 24.0. The predicted octanol–water partition coefficient (Wildman–Crippen LogP) is 5.03. The summed E-state index contributed by atoms with van der Waals surface area (Å²) in [6.07, 6.45) is 2.87. The van der Waals surface area contributed by atoms with Crippen LogP contribution in [-0.4, -0.2) is 61.1 Å². The highest BCUT2D eigenvalue weighted by atomic mass is 19.1. The first kappa shape index (κ1) is 28.7. The molecule has 3 aromatic heterocycles. The number of phenols is 1. The van der Waals surface area contributed by atoms with E-state index in [1.807, 2.05) is 42.2 Å². The van der Waals surface area contributed by atoms with Crippen molar-refractivity contribution in [2.24, 2.45) is 0 Å². The minimum atomic E-state index is -0.912. The lowest BCUT2D eigenvalue weighted by Gasteiger charge is -2.40. The molecule has 0 radical (unpaired) electrons. The third kappa shape index (κ3) is 4.85. The van der Waals surface area contributed by atoms with Crippen LogP contribution < -0.4 is 10.6 Å². The van der Waals surface area contributed by atoms with E-state index >= 15 is 8.78 Å². The van der Waals surface area contributed by atoms with Crippen molar-refractivity contribution in [3.05, 3.63) is 107 Å². The molecule has 6 rings (SSSR count). The molecule has 1 fully saturated rings. The van der Waals surface area contributed by atoms with Gasteiger partial charge in [0.05, 0.1) is 22.3 Å². The first-order valence-electron chi connectivity index (χ1n) is 14.0. The van der Waals surface area contributed by atoms with Crippen LogP contribution in [0.5, 0.6) is 5.75 Å². The Hall–Kier alpha value is -5.45. The summed E-state index contributed by atoms with van der Waals surface area (Å²) in [4.78, 5) is 43.4. The molecule has 11 heteroatoms. The Morgan fingerprint density at radius 1 is 1.02 bits per heavy atom. The molecule has 1 atom stereocenters. The molecule has 222 valence electrons. The molecule has 5 aromatic rings. The normalized spacial score (nSPS) is 15.0. The second kappa shape index (κ2) is 11.3. The van der Waals surface area contributed by atoms with Gasteiger partial charge in [-0.15, -0.1) is 0 Å². The Labute approximate surface area is 251 Å². The first-order valence-corrected chi connectivity index (χ1v) is 14.0. The Balaban J connectivity index is 1.66. The van der Waals surface area contributed by atoms with Crippen LogP contribution in [-0.2, 0) is 4.79 Å². The summed E-state index contributed by atoms with van der Waals surface area (Å²) in [6, 6.07) is 15.5. The van der Waals surface area contributed by atoms with E-state index in [0.717, 1.165) is 17.7 Å². The quantitative estimate of drug-likeness (QED) is 0.285. The standard InChI is InChI=1S/C33H28F2N6O3/c1-4-26(43)39-15-16-40(20(3)18-39)31-22-17-24(35)29(27-23(34)11-8-12-25(27)42)37-32(22)41(33(44)38-31)30-19(2)13-14-36-28(30)21-9-6-5-7-10-21/h4-14,17,20,42H,1,15-16,18H2,2-3H3/t20-/m0/s1. The number of amides is 1. The van der Waals surface area contributed by atoms with Crippen molar-refractivity contribution in [1.29, 1.82) is 0 Å². The van der Waals surface area contributed by atoms with Crippen LogP contribution in [0.4, 0.5) is 14.6 Å². The van der Waals surface area contributed by atoms with Crippen molar-refractivity contribution in [3.8, 4) is 34.0 Å². The smallest absolute Gasteiger partial charge is 0.355 e. The predicted molar refractivity (Wildman–Crippen MR) is 164 cm³/mol. The number of benzene rings is 2. The second-order valence-corrected chi connectivity index (χ2v) is 10.6. The van der Waals surface area contributed by atoms with E-state index in [1.165, 1.54) is 22.8 Å². The van der Waals surface area contributed by atoms with Gasteiger partial charge in [0.2, 0.25) is 5.91 Å². The number of halogens is 2. The molecule has 1 aliphatic heterocycles. The number of aromatic nitrogens is 4. The fourth-order valence-electron chi connectivity index (χ4n) is 5.69. The summed E-state index contributed by atoms with van der Waals surface area (Å²) in [5.41, 5.74) is 0.643. The van der Waals surface area contributed by atoms with E-state index in [9.17, 15) is 14.7 Å². The third-order valence-electron chi connectivity index (χ3n) is 7.81. The Bertz CT molecular complexity index is 1980. The number of carbonyl (C=O) groups is 1. The van der Waals surface area contributed by atoms with Crippen molar-refractivity contribution < 1.29 is 18.7 Å². The van der Waals surface area contributed by atoms with Gasteiger partial charge >= 0.3 is 5.69 Å². The highest BCUT2D eigenvalue weighted by Gasteiger charge is 2.31.